The Balaban J connectivity index is 0.000000180. The number of carbonyl (C=O) groups excluding carboxylic acids is 1. The number of anilines is 1. The van der Waals surface area contributed by atoms with E-state index in [-0.39, 0.29) is 40.8 Å². The van der Waals surface area contributed by atoms with Crippen molar-refractivity contribution >= 4 is 39.4 Å². The summed E-state index contributed by atoms with van der Waals surface area (Å²) in [5.41, 5.74) is 11.4. The topological polar surface area (TPSA) is 231 Å². The lowest BCUT2D eigenvalue weighted by molar-refractivity contribution is 0.0694. The third kappa shape index (κ3) is 14.0. The highest BCUT2D eigenvalue weighted by molar-refractivity contribution is 5.98. The molecule has 0 fully saturated rings. The maximum atomic E-state index is 13.4. The summed E-state index contributed by atoms with van der Waals surface area (Å²) in [6.07, 6.45) is 13.0. The second-order valence-corrected chi connectivity index (χ2v) is 19.7. The molecule has 18 heteroatoms. The molecular weight excluding hydrogens is 1050 g/mol. The first-order chi connectivity index (χ1) is 39.9. The Kier molecular flexibility index (Phi) is 18.6. The van der Waals surface area contributed by atoms with Crippen molar-refractivity contribution in [3.8, 4) is 68.2 Å². The maximum Gasteiger partial charge on any atom is 0.341 e. The maximum absolute atomic E-state index is 13.4. The van der Waals surface area contributed by atoms with Crippen LogP contribution in [0.4, 0.5) is 5.82 Å². The largest absolute Gasteiger partial charge is 0.493 e. The highest BCUT2D eigenvalue weighted by Gasteiger charge is 2.20. The molecule has 6 heterocycles. The Labute approximate surface area is 479 Å². The molecule has 0 aliphatic carbocycles. The van der Waals surface area contributed by atoms with Crippen LogP contribution in [-0.2, 0) is 6.42 Å². The number of hydrogen-bond acceptors (Lipinski definition) is 15. The van der Waals surface area contributed by atoms with Gasteiger partial charge in [-0.25, -0.2) is 9.78 Å². The molecule has 3 N–H and O–H groups in total. The second kappa shape index (κ2) is 26.3. The predicted molar refractivity (Wildman–Crippen MR) is 320 cm³/mol. The van der Waals surface area contributed by atoms with Gasteiger partial charge in [0.15, 0.2) is 34.2 Å². The van der Waals surface area contributed by atoms with Crippen molar-refractivity contribution in [2.45, 2.75) is 60.0 Å². The van der Waals surface area contributed by atoms with Crippen LogP contribution in [0.5, 0.6) is 46.0 Å². The minimum absolute atomic E-state index is 0.0137. The highest BCUT2D eigenvalue weighted by atomic mass is 16.5. The van der Waals surface area contributed by atoms with Crippen LogP contribution in [0.15, 0.2) is 168 Å². The number of ether oxygens (including phenoxy) is 6. The van der Waals surface area contributed by atoms with Crippen molar-refractivity contribution < 1.29 is 43.1 Å². The van der Waals surface area contributed by atoms with Crippen molar-refractivity contribution in [1.82, 2.24) is 29.1 Å². The van der Waals surface area contributed by atoms with E-state index in [1.54, 1.807) is 113 Å². The molecule has 0 saturated heterocycles. The molecule has 0 aliphatic heterocycles. The van der Waals surface area contributed by atoms with Gasteiger partial charge in [0.1, 0.15) is 34.4 Å². The summed E-state index contributed by atoms with van der Waals surface area (Å²) >= 11 is 0. The molecule has 10 rings (SSSR count). The number of fused-ring (bicyclic) bond motifs is 2. The number of pyridine rings is 6. The standard InChI is InChI=1S/C33H31N3O5.C16H15N3O3.C16H17NO3/c1-20(2)36-18-26(22-8-6-21(3)7-9-22)33(38)27(19-36)29(37)14-23-10-11-24(17-35-23)41-30-12-13-34-28-16-32(40-5)31(39-4)15-25(28)30;1-20-14-7-11-12(8-15(14)21-2)18-6-5-13(11)22-10-3-4-16(17)19-9-10;1-10(2)17-8-13(12-6-4-11(3)5-7-12)15(18)14(9-17)16(19)20/h6-13,15-20H,14H2,1-5H3;3-9H,1-2H3,(H2,17,19);4-10H,1-3H3,(H,19,20). The minimum Gasteiger partial charge on any atom is -0.493 e. The summed E-state index contributed by atoms with van der Waals surface area (Å²) in [5, 5.41) is 10.7. The molecule has 4 aromatic carbocycles. The molecule has 0 aliphatic rings. The number of aryl methyl sites for hydroxylation is 2. The smallest absolute Gasteiger partial charge is 0.341 e. The number of carboxylic acid groups (broad SMARTS) is 1. The van der Waals surface area contributed by atoms with Crippen LogP contribution in [-0.4, -0.2) is 74.4 Å². The zero-order valence-corrected chi connectivity index (χ0v) is 47.7. The van der Waals surface area contributed by atoms with Crippen LogP contribution in [0.2, 0.25) is 0 Å². The van der Waals surface area contributed by atoms with Crippen molar-refractivity contribution in [3.05, 3.63) is 207 Å². The van der Waals surface area contributed by atoms with Crippen molar-refractivity contribution in [3.63, 3.8) is 0 Å². The molecule has 0 bridgehead atoms. The first kappa shape index (κ1) is 58.8. The van der Waals surface area contributed by atoms with Crippen molar-refractivity contribution in [1.29, 1.82) is 0 Å². The number of benzene rings is 4. The monoisotopic (exact) mass is 1120 g/mol. The van der Waals surface area contributed by atoms with Gasteiger partial charge in [-0.15, -0.1) is 0 Å². The Morgan fingerprint density at radius 2 is 0.940 bits per heavy atom. The molecule has 0 spiro atoms. The van der Waals surface area contributed by atoms with Gasteiger partial charge in [-0.3, -0.25) is 29.3 Å². The van der Waals surface area contributed by atoms with Gasteiger partial charge in [-0.2, -0.15) is 0 Å². The van der Waals surface area contributed by atoms with Crippen LogP contribution in [0.25, 0.3) is 44.1 Å². The van der Waals surface area contributed by atoms with E-state index in [2.05, 4.69) is 19.9 Å². The Morgan fingerprint density at radius 3 is 1.34 bits per heavy atom. The van der Waals surface area contributed by atoms with Gasteiger partial charge in [0.2, 0.25) is 5.43 Å². The molecule has 424 valence electrons. The average molecular weight is 1120 g/mol. The van der Waals surface area contributed by atoms with E-state index in [0.29, 0.717) is 74.2 Å². The number of aromatic carboxylic acids is 1. The molecule has 0 atom stereocenters. The van der Waals surface area contributed by atoms with E-state index in [4.69, 9.17) is 34.2 Å². The van der Waals surface area contributed by atoms with Gasteiger partial charge in [0.25, 0.3) is 0 Å². The van der Waals surface area contributed by atoms with E-state index in [9.17, 15) is 24.3 Å². The van der Waals surface area contributed by atoms with Gasteiger partial charge < -0.3 is 48.4 Å². The summed E-state index contributed by atoms with van der Waals surface area (Å²) in [7, 11) is 6.32. The molecule has 6 aromatic heterocycles. The lowest BCUT2D eigenvalue weighted by Gasteiger charge is -2.15. The third-order valence-corrected chi connectivity index (χ3v) is 13.3. The zero-order valence-electron chi connectivity index (χ0n) is 47.7. The van der Waals surface area contributed by atoms with Gasteiger partial charge in [-0.1, -0.05) is 59.7 Å². The van der Waals surface area contributed by atoms with Crippen molar-refractivity contribution in [2.24, 2.45) is 0 Å². The van der Waals surface area contributed by atoms with Gasteiger partial charge in [0.05, 0.1) is 63.9 Å². The summed E-state index contributed by atoms with van der Waals surface area (Å²) in [4.78, 5) is 67.5. The van der Waals surface area contributed by atoms with E-state index in [0.717, 1.165) is 38.5 Å². The number of aromatic nitrogens is 6. The average Bonchev–Trinajstić information content (AvgIpc) is 3.65. The number of rotatable bonds is 16. The fourth-order valence-electron chi connectivity index (χ4n) is 8.63. The molecule has 0 radical (unpaired) electrons. The summed E-state index contributed by atoms with van der Waals surface area (Å²) in [6, 6.07) is 33.1. The number of methoxy groups -OCH3 is 4. The number of carbonyl (C=O) groups is 2. The van der Waals surface area contributed by atoms with E-state index >= 15 is 0 Å². The van der Waals surface area contributed by atoms with Crippen LogP contribution in [0.1, 0.15) is 77.3 Å². The minimum atomic E-state index is -1.20. The van der Waals surface area contributed by atoms with Gasteiger partial charge in [0, 0.05) is 89.0 Å². The summed E-state index contributed by atoms with van der Waals surface area (Å²) < 4.78 is 37.0. The Morgan fingerprint density at radius 1 is 0.518 bits per heavy atom. The van der Waals surface area contributed by atoms with E-state index in [1.165, 1.54) is 6.20 Å². The predicted octanol–water partition coefficient (Wildman–Crippen LogP) is 12.7. The molecule has 0 amide bonds. The second-order valence-electron chi connectivity index (χ2n) is 19.7. The van der Waals surface area contributed by atoms with Crippen molar-refractivity contribution in [2.75, 3.05) is 34.2 Å². The molecule has 18 nitrogen and oxygen atoms in total. The summed E-state index contributed by atoms with van der Waals surface area (Å²) in [5.74, 6) is 3.64. The van der Waals surface area contributed by atoms with Crippen LogP contribution in [0, 0.1) is 13.8 Å². The van der Waals surface area contributed by atoms with Crippen LogP contribution in [0.3, 0.4) is 0 Å². The first-order valence-corrected chi connectivity index (χ1v) is 26.3. The fourth-order valence-corrected chi connectivity index (χ4v) is 8.63. The van der Waals surface area contributed by atoms with E-state index < -0.39 is 11.4 Å². The lowest BCUT2D eigenvalue weighted by Crippen LogP contribution is -2.22. The third-order valence-electron chi connectivity index (χ3n) is 13.3. The number of Topliss-reactive ketones (excluding diaryl/α,β-unsaturated/α-hetero) is 1. The van der Waals surface area contributed by atoms with Gasteiger partial charge in [-0.05, 0) is 101 Å². The van der Waals surface area contributed by atoms with Crippen LogP contribution < -0.4 is 45.0 Å². The highest BCUT2D eigenvalue weighted by Crippen LogP contribution is 2.38. The number of hydrogen-bond donors (Lipinski definition) is 2. The quantitative estimate of drug-likeness (QED) is 0.0857. The van der Waals surface area contributed by atoms with Gasteiger partial charge >= 0.3 is 5.97 Å². The van der Waals surface area contributed by atoms with E-state index in [1.807, 2.05) is 119 Å². The number of ketones is 1. The number of nitrogens with zero attached hydrogens (tertiary/aromatic N) is 6. The molecule has 0 unspecified atom stereocenters. The molecule has 83 heavy (non-hydrogen) atoms. The van der Waals surface area contributed by atoms with Crippen LogP contribution >= 0.6 is 0 Å². The SMILES string of the molecule is COc1cc2nccc(Oc3ccc(CC(=O)c4cn(C(C)C)cc(-c5ccc(C)cc5)c4=O)nc3)c2cc1OC.COc1cc2nccc(Oc3ccc(N)nc3)c2cc1OC.Cc1ccc(-c2cn(C(C)C)cc(C(=O)O)c2=O)cc1. The first-order valence-electron chi connectivity index (χ1n) is 26.3. The summed E-state index contributed by atoms with van der Waals surface area (Å²) in [6.45, 7) is 11.9. The number of nitrogen functional groups attached to an aromatic ring is 1. The Bertz CT molecular complexity index is 4070. The number of nitrogens with two attached hydrogens (primary N) is 1. The fraction of sp³-hybridized carbons (Fsp3) is 0.200. The normalized spacial score (nSPS) is 10.8. The lowest BCUT2D eigenvalue weighted by atomic mass is 10.00. The number of carboxylic acids is 1. The molecule has 0 saturated carbocycles. The molecular formula is C65H63N7O11. The zero-order chi connectivity index (χ0) is 59.5. The molecule has 10 aromatic rings. The Hall–Kier alpha value is -10.4.